The highest BCUT2D eigenvalue weighted by atomic mass is 32.2. The van der Waals surface area contributed by atoms with E-state index in [-0.39, 0.29) is 6.73 Å². The number of hydrogen-bond donors (Lipinski definition) is 2. The van der Waals surface area contributed by atoms with Crippen molar-refractivity contribution < 1.29 is 5.11 Å². The fourth-order valence-corrected chi connectivity index (χ4v) is 0.602. The maximum atomic E-state index is 8.17. The molecule has 0 amide bonds. The van der Waals surface area contributed by atoms with Crippen molar-refractivity contribution in [2.24, 2.45) is 0 Å². The highest BCUT2D eigenvalue weighted by Crippen LogP contribution is 1.85. The second-order valence-corrected chi connectivity index (χ2v) is 2.14. The molecule has 2 N–H and O–H groups in total. The molecule has 0 rings (SSSR count). The van der Waals surface area contributed by atoms with Crippen LogP contribution < -0.4 is 5.32 Å². The topological polar surface area (TPSA) is 32.3 Å². The molecule has 0 bridgehead atoms. The van der Waals surface area contributed by atoms with E-state index in [1.807, 2.05) is 6.26 Å². The summed E-state index contributed by atoms with van der Waals surface area (Å²) >= 11 is 1.77. The first-order valence-corrected chi connectivity index (χ1v) is 3.61. The first-order valence-electron chi connectivity index (χ1n) is 2.22. The number of rotatable bonds is 4. The molecule has 7 heavy (non-hydrogen) atoms. The van der Waals surface area contributed by atoms with Crippen LogP contribution in [0, 0.1) is 0 Å². The standard InChI is InChI=1S/C4H11NOS/c1-7-3-2-5-4-6/h5-6H,2-4H2,1H3. The number of nitrogens with one attached hydrogen (secondary N) is 1. The van der Waals surface area contributed by atoms with Crippen molar-refractivity contribution >= 4 is 11.8 Å². The summed E-state index contributed by atoms with van der Waals surface area (Å²) in [6.07, 6.45) is 2.04. The van der Waals surface area contributed by atoms with E-state index in [4.69, 9.17) is 5.11 Å². The zero-order valence-corrected chi connectivity index (χ0v) is 5.29. The summed E-state index contributed by atoms with van der Waals surface area (Å²) in [6, 6.07) is 0. The van der Waals surface area contributed by atoms with Gasteiger partial charge in [0, 0.05) is 12.3 Å². The second-order valence-electron chi connectivity index (χ2n) is 1.15. The highest BCUT2D eigenvalue weighted by molar-refractivity contribution is 7.98. The lowest BCUT2D eigenvalue weighted by Crippen LogP contribution is -2.17. The Kier molecular flexibility index (Phi) is 6.51. The summed E-state index contributed by atoms with van der Waals surface area (Å²) in [5, 5.41) is 11.0. The van der Waals surface area contributed by atoms with Crippen LogP contribution in [-0.2, 0) is 0 Å². The zero-order valence-electron chi connectivity index (χ0n) is 4.48. The summed E-state index contributed by atoms with van der Waals surface area (Å²) in [5.41, 5.74) is 0. The average molecular weight is 121 g/mol. The van der Waals surface area contributed by atoms with Crippen LogP contribution in [0.25, 0.3) is 0 Å². The van der Waals surface area contributed by atoms with Gasteiger partial charge in [0.05, 0.1) is 6.73 Å². The predicted octanol–water partition coefficient (Wildman–Crippen LogP) is -0.111. The lowest BCUT2D eigenvalue weighted by Gasteiger charge is -1.94. The predicted molar refractivity (Wildman–Crippen MR) is 33.5 cm³/mol. The molecule has 0 aliphatic rings. The Bertz CT molecular complexity index is 30.9. The third kappa shape index (κ3) is 6.27. The van der Waals surface area contributed by atoms with E-state index >= 15 is 0 Å². The van der Waals surface area contributed by atoms with Gasteiger partial charge in [0.1, 0.15) is 0 Å². The van der Waals surface area contributed by atoms with E-state index < -0.39 is 0 Å². The van der Waals surface area contributed by atoms with Crippen molar-refractivity contribution in [1.29, 1.82) is 0 Å². The fourth-order valence-electron chi connectivity index (χ4n) is 0.253. The minimum absolute atomic E-state index is 0.0978. The van der Waals surface area contributed by atoms with E-state index in [1.165, 1.54) is 0 Å². The molecule has 2 nitrogen and oxygen atoms in total. The Morgan fingerprint density at radius 2 is 2.43 bits per heavy atom. The van der Waals surface area contributed by atoms with Gasteiger partial charge in [-0.15, -0.1) is 0 Å². The zero-order chi connectivity index (χ0) is 5.54. The van der Waals surface area contributed by atoms with E-state index in [1.54, 1.807) is 11.8 Å². The van der Waals surface area contributed by atoms with Crippen LogP contribution in [0.4, 0.5) is 0 Å². The van der Waals surface area contributed by atoms with Gasteiger partial charge >= 0.3 is 0 Å². The SMILES string of the molecule is CSCCNCO. The van der Waals surface area contributed by atoms with Crippen LogP contribution in [0.3, 0.4) is 0 Å². The molecule has 0 spiro atoms. The van der Waals surface area contributed by atoms with Crippen LogP contribution in [-0.4, -0.2) is 30.4 Å². The average Bonchev–Trinajstić information content (AvgIpc) is 1.69. The Hall–Kier alpha value is 0.270. The molecule has 0 radical (unpaired) electrons. The molecular weight excluding hydrogens is 110 g/mol. The molecule has 0 heterocycles. The maximum absolute atomic E-state index is 8.17. The molecule has 3 heteroatoms. The first-order chi connectivity index (χ1) is 3.41. The molecule has 44 valence electrons. The molecule has 0 fully saturated rings. The van der Waals surface area contributed by atoms with E-state index in [0.717, 1.165) is 12.3 Å². The lowest BCUT2D eigenvalue weighted by atomic mass is 10.8. The normalized spacial score (nSPS) is 9.43. The maximum Gasteiger partial charge on any atom is 0.0931 e. The molecule has 0 saturated heterocycles. The first kappa shape index (κ1) is 7.27. The number of aliphatic hydroxyl groups is 1. The van der Waals surface area contributed by atoms with Crippen LogP contribution >= 0.6 is 11.8 Å². The van der Waals surface area contributed by atoms with Crippen LogP contribution in [0.1, 0.15) is 0 Å². The van der Waals surface area contributed by atoms with Gasteiger partial charge in [0.25, 0.3) is 0 Å². The molecular formula is C4H11NOS. The third-order valence-corrected chi connectivity index (χ3v) is 1.21. The lowest BCUT2D eigenvalue weighted by molar-refractivity contribution is 0.265. The molecule has 0 atom stereocenters. The summed E-state index contributed by atoms with van der Waals surface area (Å²) in [6.45, 7) is 0.998. The fraction of sp³-hybridized carbons (Fsp3) is 1.00. The third-order valence-electron chi connectivity index (χ3n) is 0.595. The van der Waals surface area contributed by atoms with Gasteiger partial charge in [-0.2, -0.15) is 11.8 Å². The largest absolute Gasteiger partial charge is 0.381 e. The quantitative estimate of drug-likeness (QED) is 0.402. The number of thioether (sulfide) groups is 1. The highest BCUT2D eigenvalue weighted by Gasteiger charge is 1.78. The Morgan fingerprint density at radius 3 is 2.86 bits per heavy atom. The van der Waals surface area contributed by atoms with E-state index in [0.29, 0.717) is 0 Å². The van der Waals surface area contributed by atoms with Crippen LogP contribution in [0.15, 0.2) is 0 Å². The molecule has 0 aliphatic heterocycles. The summed E-state index contributed by atoms with van der Waals surface area (Å²) in [4.78, 5) is 0. The number of aliphatic hydroxyl groups excluding tert-OH is 1. The van der Waals surface area contributed by atoms with Gasteiger partial charge in [-0.05, 0) is 6.26 Å². The van der Waals surface area contributed by atoms with Crippen molar-refractivity contribution in [2.75, 3.05) is 25.3 Å². The molecule has 0 unspecified atom stereocenters. The Labute approximate surface area is 48.3 Å². The smallest absolute Gasteiger partial charge is 0.0931 e. The summed E-state index contributed by atoms with van der Waals surface area (Å²) < 4.78 is 0. The van der Waals surface area contributed by atoms with Crippen LogP contribution in [0.2, 0.25) is 0 Å². The van der Waals surface area contributed by atoms with Crippen molar-refractivity contribution in [1.82, 2.24) is 5.32 Å². The Morgan fingerprint density at radius 1 is 1.71 bits per heavy atom. The van der Waals surface area contributed by atoms with Crippen molar-refractivity contribution in [3.8, 4) is 0 Å². The van der Waals surface area contributed by atoms with Crippen molar-refractivity contribution in [2.45, 2.75) is 0 Å². The van der Waals surface area contributed by atoms with Gasteiger partial charge < -0.3 is 5.11 Å². The second kappa shape index (κ2) is 6.27. The monoisotopic (exact) mass is 121 g/mol. The molecule has 0 aliphatic carbocycles. The van der Waals surface area contributed by atoms with Crippen LogP contribution in [0.5, 0.6) is 0 Å². The van der Waals surface area contributed by atoms with Gasteiger partial charge in [-0.3, -0.25) is 5.32 Å². The van der Waals surface area contributed by atoms with Gasteiger partial charge in [-0.25, -0.2) is 0 Å². The Balaban J connectivity index is 2.45. The van der Waals surface area contributed by atoms with Crippen molar-refractivity contribution in [3.05, 3.63) is 0 Å². The molecule has 0 aromatic carbocycles. The van der Waals surface area contributed by atoms with Gasteiger partial charge in [0.2, 0.25) is 0 Å². The van der Waals surface area contributed by atoms with Gasteiger partial charge in [0.15, 0.2) is 0 Å². The summed E-state index contributed by atoms with van der Waals surface area (Å²) in [5.74, 6) is 1.07. The van der Waals surface area contributed by atoms with Gasteiger partial charge in [-0.1, -0.05) is 0 Å². The molecule has 0 saturated carbocycles. The molecule has 0 aromatic heterocycles. The number of hydrogen-bond acceptors (Lipinski definition) is 3. The summed E-state index contributed by atoms with van der Waals surface area (Å²) in [7, 11) is 0. The minimum Gasteiger partial charge on any atom is -0.381 e. The van der Waals surface area contributed by atoms with Crippen molar-refractivity contribution in [3.63, 3.8) is 0 Å². The molecule has 0 aromatic rings. The van der Waals surface area contributed by atoms with E-state index in [9.17, 15) is 0 Å². The minimum atomic E-state index is 0.0978. The van der Waals surface area contributed by atoms with E-state index in [2.05, 4.69) is 5.32 Å².